The van der Waals surface area contributed by atoms with Gasteiger partial charge in [0, 0.05) is 19.1 Å². The molecule has 1 aromatic carbocycles. The Morgan fingerprint density at radius 3 is 2.44 bits per heavy atom. The predicted molar refractivity (Wildman–Crippen MR) is 93.9 cm³/mol. The van der Waals surface area contributed by atoms with E-state index in [2.05, 4.69) is 34.1 Å². The van der Waals surface area contributed by atoms with Crippen molar-refractivity contribution >= 4 is 6.03 Å². The molecule has 4 nitrogen and oxygen atoms in total. The lowest BCUT2D eigenvalue weighted by molar-refractivity contribution is -0.152. The van der Waals surface area contributed by atoms with Gasteiger partial charge in [-0.3, -0.25) is 0 Å². The van der Waals surface area contributed by atoms with Crippen LogP contribution in [0.1, 0.15) is 43.2 Å². The Morgan fingerprint density at radius 1 is 1.00 bits per heavy atom. The van der Waals surface area contributed by atoms with Gasteiger partial charge in [-0.1, -0.05) is 24.3 Å². The summed E-state index contributed by atoms with van der Waals surface area (Å²) in [4.78, 5) is 17.6. The van der Waals surface area contributed by atoms with E-state index in [0.717, 1.165) is 38.8 Å². The number of urea groups is 1. The third kappa shape index (κ3) is 2.00. The smallest absolute Gasteiger partial charge is 0.320 e. The lowest BCUT2D eigenvalue weighted by atomic mass is 9.52. The van der Waals surface area contributed by atoms with Crippen molar-refractivity contribution in [2.24, 2.45) is 17.8 Å². The number of carbonyl (C=O) groups excluding carboxylic acids is 1. The van der Waals surface area contributed by atoms with E-state index in [1.807, 2.05) is 0 Å². The van der Waals surface area contributed by atoms with E-state index in [1.54, 1.807) is 0 Å². The highest BCUT2D eigenvalue weighted by Crippen LogP contribution is 2.57. The molecule has 1 saturated heterocycles. The number of rotatable bonds is 1. The van der Waals surface area contributed by atoms with Crippen molar-refractivity contribution in [2.45, 2.75) is 62.8 Å². The van der Waals surface area contributed by atoms with Crippen LogP contribution in [-0.4, -0.2) is 45.2 Å². The maximum absolute atomic E-state index is 13.2. The van der Waals surface area contributed by atoms with E-state index in [9.17, 15) is 9.90 Å². The van der Waals surface area contributed by atoms with E-state index < -0.39 is 5.60 Å². The van der Waals surface area contributed by atoms with Crippen LogP contribution in [0.5, 0.6) is 0 Å². The average Bonchev–Trinajstić information content (AvgIpc) is 2.87. The summed E-state index contributed by atoms with van der Waals surface area (Å²) in [6.45, 7) is 1.65. The van der Waals surface area contributed by atoms with Crippen LogP contribution in [0.15, 0.2) is 24.3 Å². The van der Waals surface area contributed by atoms with Crippen LogP contribution in [0.3, 0.4) is 0 Å². The highest BCUT2D eigenvalue weighted by Gasteiger charge is 2.58. The lowest BCUT2D eigenvalue weighted by Gasteiger charge is -2.59. The van der Waals surface area contributed by atoms with Crippen molar-refractivity contribution in [2.75, 3.05) is 6.54 Å². The van der Waals surface area contributed by atoms with Crippen molar-refractivity contribution < 1.29 is 9.90 Å². The zero-order chi connectivity index (χ0) is 16.8. The van der Waals surface area contributed by atoms with Crippen molar-refractivity contribution in [3.8, 4) is 0 Å². The number of aliphatic hydroxyl groups is 1. The third-order valence-electron chi connectivity index (χ3n) is 7.81. The van der Waals surface area contributed by atoms with E-state index in [-0.39, 0.29) is 6.03 Å². The third-order valence-corrected chi connectivity index (χ3v) is 7.81. The molecular formula is C21H26N2O2. The van der Waals surface area contributed by atoms with Gasteiger partial charge in [0.15, 0.2) is 0 Å². The van der Waals surface area contributed by atoms with Crippen molar-refractivity contribution in [1.29, 1.82) is 0 Å². The second-order valence-electron chi connectivity index (χ2n) is 9.37. The topological polar surface area (TPSA) is 43.8 Å². The molecule has 0 spiro atoms. The quantitative estimate of drug-likeness (QED) is 0.856. The first-order chi connectivity index (χ1) is 12.1. The van der Waals surface area contributed by atoms with Crippen LogP contribution in [0.4, 0.5) is 4.79 Å². The molecule has 5 fully saturated rings. The Labute approximate surface area is 148 Å². The van der Waals surface area contributed by atoms with Crippen LogP contribution in [0.25, 0.3) is 0 Å². The van der Waals surface area contributed by atoms with Crippen LogP contribution in [-0.2, 0) is 13.0 Å². The maximum atomic E-state index is 13.2. The van der Waals surface area contributed by atoms with E-state index in [4.69, 9.17) is 0 Å². The summed E-state index contributed by atoms with van der Waals surface area (Å²) < 4.78 is 0. The molecule has 132 valence electrons. The molecule has 0 radical (unpaired) electrons. The fourth-order valence-electron chi connectivity index (χ4n) is 7.16. The van der Waals surface area contributed by atoms with Gasteiger partial charge >= 0.3 is 6.03 Å². The molecule has 1 N–H and O–H groups in total. The van der Waals surface area contributed by atoms with Gasteiger partial charge in [-0.2, -0.15) is 0 Å². The van der Waals surface area contributed by atoms with Gasteiger partial charge in [0.1, 0.15) is 0 Å². The minimum atomic E-state index is -0.418. The van der Waals surface area contributed by atoms with E-state index in [1.165, 1.54) is 24.0 Å². The normalized spacial score (nSPS) is 44.2. The molecule has 3 atom stereocenters. The maximum Gasteiger partial charge on any atom is 0.320 e. The molecule has 4 bridgehead atoms. The number of benzene rings is 1. The number of amides is 2. The zero-order valence-corrected chi connectivity index (χ0v) is 14.6. The van der Waals surface area contributed by atoms with Gasteiger partial charge in [0.05, 0.1) is 11.6 Å². The summed E-state index contributed by atoms with van der Waals surface area (Å²) in [6.07, 6.45) is 6.27. The molecule has 4 saturated carbocycles. The number of nitrogens with zero attached hydrogens (tertiary/aromatic N) is 2. The predicted octanol–water partition coefficient (Wildman–Crippen LogP) is 2.79. The molecule has 25 heavy (non-hydrogen) atoms. The highest BCUT2D eigenvalue weighted by atomic mass is 16.3. The summed E-state index contributed by atoms with van der Waals surface area (Å²) in [6, 6.07) is 9.54. The number of fused-ring (bicyclic) bond motifs is 2. The Balaban J connectivity index is 1.29. The molecule has 6 aliphatic rings. The first-order valence-electron chi connectivity index (χ1n) is 9.96. The summed E-state index contributed by atoms with van der Waals surface area (Å²) >= 11 is 0. The number of hydrogen-bond acceptors (Lipinski definition) is 2. The van der Waals surface area contributed by atoms with Gasteiger partial charge in [0.2, 0.25) is 0 Å². The molecule has 2 amide bonds. The van der Waals surface area contributed by atoms with Gasteiger partial charge in [-0.15, -0.1) is 0 Å². The SMILES string of the molecule is O=C1N2Cc3ccccc3CC2CN1C1C2CC3CC1CC(O)(C3)C2. The van der Waals surface area contributed by atoms with E-state index in [0.29, 0.717) is 29.8 Å². The molecular weight excluding hydrogens is 312 g/mol. The molecule has 4 heteroatoms. The fraction of sp³-hybridized carbons (Fsp3) is 0.667. The molecule has 1 aromatic rings. The Bertz CT molecular complexity index is 731. The van der Waals surface area contributed by atoms with Gasteiger partial charge < -0.3 is 14.9 Å². The molecule has 2 heterocycles. The number of carbonyl (C=O) groups is 1. The summed E-state index contributed by atoms with van der Waals surface area (Å²) in [5.74, 6) is 1.73. The summed E-state index contributed by atoms with van der Waals surface area (Å²) in [5.41, 5.74) is 2.31. The monoisotopic (exact) mass is 338 g/mol. The summed E-state index contributed by atoms with van der Waals surface area (Å²) in [7, 11) is 0. The van der Waals surface area contributed by atoms with Crippen molar-refractivity contribution in [1.82, 2.24) is 9.80 Å². The fourth-order valence-corrected chi connectivity index (χ4v) is 7.16. The highest BCUT2D eigenvalue weighted by molar-refractivity contribution is 5.78. The van der Waals surface area contributed by atoms with Crippen LogP contribution >= 0.6 is 0 Å². The average molecular weight is 338 g/mol. The van der Waals surface area contributed by atoms with Gasteiger partial charge in [0.25, 0.3) is 0 Å². The standard InChI is InChI=1S/C21H26N2O2/c24-20-22-11-15-4-2-1-3-14(15)7-18(22)12-23(20)19-16-5-13-6-17(19)10-21(25,8-13)9-16/h1-4,13,16-19,25H,5-12H2. The minimum absolute atomic E-state index is 0.254. The summed E-state index contributed by atoms with van der Waals surface area (Å²) in [5, 5.41) is 10.8. The molecule has 2 aliphatic heterocycles. The second-order valence-corrected chi connectivity index (χ2v) is 9.37. The molecule has 3 unspecified atom stereocenters. The van der Waals surface area contributed by atoms with Gasteiger partial charge in [-0.05, 0) is 67.4 Å². The Kier molecular flexibility index (Phi) is 2.80. The second kappa shape index (κ2) is 4.79. The van der Waals surface area contributed by atoms with Crippen molar-refractivity contribution in [3.63, 3.8) is 0 Å². The first kappa shape index (κ1) is 14.6. The molecule has 4 aliphatic carbocycles. The van der Waals surface area contributed by atoms with Crippen LogP contribution in [0, 0.1) is 17.8 Å². The number of hydrogen-bond donors (Lipinski definition) is 1. The van der Waals surface area contributed by atoms with Crippen molar-refractivity contribution in [3.05, 3.63) is 35.4 Å². The Hall–Kier alpha value is -1.55. The first-order valence-corrected chi connectivity index (χ1v) is 9.96. The Morgan fingerprint density at radius 2 is 1.72 bits per heavy atom. The van der Waals surface area contributed by atoms with E-state index >= 15 is 0 Å². The zero-order valence-electron chi connectivity index (χ0n) is 14.6. The van der Waals surface area contributed by atoms with Crippen LogP contribution < -0.4 is 0 Å². The van der Waals surface area contributed by atoms with Crippen LogP contribution in [0.2, 0.25) is 0 Å². The molecule has 7 rings (SSSR count). The molecule has 0 aromatic heterocycles. The minimum Gasteiger partial charge on any atom is -0.390 e. The largest absolute Gasteiger partial charge is 0.390 e. The van der Waals surface area contributed by atoms with Gasteiger partial charge in [-0.25, -0.2) is 4.79 Å². The lowest BCUT2D eigenvalue weighted by Crippen LogP contribution is -2.62.